The van der Waals surface area contributed by atoms with Crippen LogP contribution in [0.2, 0.25) is 0 Å². The summed E-state index contributed by atoms with van der Waals surface area (Å²) in [5, 5.41) is 27.2. The van der Waals surface area contributed by atoms with Crippen molar-refractivity contribution in [2.75, 3.05) is 18.5 Å². The first-order valence-corrected chi connectivity index (χ1v) is 10.9. The SMILES string of the molecule is O=C1COc2c(C(O)CNC3(CCc4ccc(F)cc4)CCCCC3)ccc(O)c2N1. The van der Waals surface area contributed by atoms with E-state index in [4.69, 9.17) is 4.74 Å². The highest BCUT2D eigenvalue weighted by Crippen LogP contribution is 2.41. The highest BCUT2D eigenvalue weighted by molar-refractivity contribution is 5.97. The maximum Gasteiger partial charge on any atom is 0.262 e. The number of aliphatic hydroxyl groups excluding tert-OH is 1. The van der Waals surface area contributed by atoms with Gasteiger partial charge in [0.15, 0.2) is 12.4 Å². The summed E-state index contributed by atoms with van der Waals surface area (Å²) in [6.45, 7) is 0.184. The molecule has 4 rings (SSSR count). The lowest BCUT2D eigenvalue weighted by atomic mass is 9.77. The number of carbonyl (C=O) groups excluding carboxylic acids is 1. The fourth-order valence-corrected chi connectivity index (χ4v) is 4.64. The van der Waals surface area contributed by atoms with E-state index >= 15 is 0 Å². The van der Waals surface area contributed by atoms with Crippen LogP contribution in [0.4, 0.5) is 10.1 Å². The van der Waals surface area contributed by atoms with Gasteiger partial charge in [0.25, 0.3) is 5.91 Å². The first kappa shape index (κ1) is 21.6. The van der Waals surface area contributed by atoms with Gasteiger partial charge in [0.2, 0.25) is 0 Å². The lowest BCUT2D eigenvalue weighted by Crippen LogP contribution is -2.48. The number of aryl methyl sites for hydroxylation is 1. The molecule has 1 amide bonds. The molecule has 4 N–H and O–H groups in total. The van der Waals surface area contributed by atoms with Crippen LogP contribution in [0.25, 0.3) is 0 Å². The van der Waals surface area contributed by atoms with Crippen molar-refractivity contribution in [3.05, 3.63) is 53.3 Å². The second-order valence-corrected chi connectivity index (χ2v) is 8.58. The Labute approximate surface area is 181 Å². The van der Waals surface area contributed by atoms with Crippen molar-refractivity contribution in [1.29, 1.82) is 0 Å². The minimum absolute atomic E-state index is 0.0837. The molecule has 0 aromatic heterocycles. The van der Waals surface area contributed by atoms with E-state index in [0.717, 1.165) is 44.1 Å². The number of hydrogen-bond acceptors (Lipinski definition) is 5. The van der Waals surface area contributed by atoms with Gasteiger partial charge >= 0.3 is 0 Å². The molecule has 1 unspecified atom stereocenters. The number of nitrogens with one attached hydrogen (secondary N) is 2. The minimum Gasteiger partial charge on any atom is -0.506 e. The monoisotopic (exact) mass is 428 g/mol. The van der Waals surface area contributed by atoms with Gasteiger partial charge in [-0.1, -0.05) is 31.4 Å². The molecular weight excluding hydrogens is 399 g/mol. The lowest BCUT2D eigenvalue weighted by molar-refractivity contribution is -0.118. The van der Waals surface area contributed by atoms with Crippen LogP contribution in [-0.4, -0.2) is 34.8 Å². The Kier molecular flexibility index (Phi) is 6.43. The Bertz CT molecular complexity index is 926. The molecule has 1 aliphatic carbocycles. The molecule has 1 aliphatic heterocycles. The number of β-amino-alcohol motifs (C(OH)–C–C–N with tert-alkyl or cyclic N) is 1. The number of carbonyl (C=O) groups is 1. The van der Waals surface area contributed by atoms with Crippen molar-refractivity contribution in [2.45, 2.75) is 56.6 Å². The van der Waals surface area contributed by atoms with E-state index in [9.17, 15) is 19.4 Å². The first-order chi connectivity index (χ1) is 15.0. The van der Waals surface area contributed by atoms with Crippen molar-refractivity contribution < 1.29 is 24.1 Å². The van der Waals surface area contributed by atoms with Gasteiger partial charge in [-0.15, -0.1) is 0 Å². The van der Waals surface area contributed by atoms with Gasteiger partial charge in [0.1, 0.15) is 17.3 Å². The average Bonchev–Trinajstić information content (AvgIpc) is 2.78. The molecule has 6 nitrogen and oxygen atoms in total. The Hall–Kier alpha value is -2.64. The summed E-state index contributed by atoms with van der Waals surface area (Å²) in [5.74, 6) is -0.338. The number of fused-ring (bicyclic) bond motifs is 1. The molecule has 31 heavy (non-hydrogen) atoms. The van der Waals surface area contributed by atoms with Crippen molar-refractivity contribution in [3.8, 4) is 11.5 Å². The normalized spacial score (nSPS) is 18.6. The Balaban J connectivity index is 1.45. The number of hydrogen-bond donors (Lipinski definition) is 4. The molecule has 166 valence electrons. The minimum atomic E-state index is -0.853. The van der Waals surface area contributed by atoms with Crippen LogP contribution in [0.1, 0.15) is 55.8 Å². The van der Waals surface area contributed by atoms with E-state index in [-0.39, 0.29) is 35.3 Å². The third-order valence-corrected chi connectivity index (χ3v) is 6.42. The molecule has 2 aromatic carbocycles. The van der Waals surface area contributed by atoms with Crippen LogP contribution in [0, 0.1) is 5.82 Å². The summed E-state index contributed by atoms with van der Waals surface area (Å²) >= 11 is 0. The molecule has 7 heteroatoms. The summed E-state index contributed by atoms with van der Waals surface area (Å²) in [4.78, 5) is 11.6. The summed E-state index contributed by atoms with van der Waals surface area (Å²) in [6, 6.07) is 9.73. The predicted octanol–water partition coefficient (Wildman–Crippen LogP) is 3.82. The van der Waals surface area contributed by atoms with Crippen LogP contribution in [0.15, 0.2) is 36.4 Å². The van der Waals surface area contributed by atoms with Crippen LogP contribution < -0.4 is 15.4 Å². The molecule has 1 atom stereocenters. The zero-order valence-corrected chi connectivity index (χ0v) is 17.5. The van der Waals surface area contributed by atoms with Gasteiger partial charge in [-0.05, 0) is 55.5 Å². The van der Waals surface area contributed by atoms with Crippen molar-refractivity contribution in [2.24, 2.45) is 0 Å². The number of rotatable bonds is 7. The average molecular weight is 429 g/mol. The van der Waals surface area contributed by atoms with E-state index in [0.29, 0.717) is 17.9 Å². The van der Waals surface area contributed by atoms with Gasteiger partial charge in [-0.2, -0.15) is 0 Å². The molecule has 0 spiro atoms. The molecule has 0 saturated heterocycles. The number of anilines is 1. The van der Waals surface area contributed by atoms with E-state index in [1.54, 1.807) is 6.07 Å². The third-order valence-electron chi connectivity index (χ3n) is 6.42. The number of amides is 1. The molecular formula is C24H29FN2O4. The van der Waals surface area contributed by atoms with Crippen molar-refractivity contribution in [1.82, 2.24) is 5.32 Å². The summed E-state index contributed by atoms with van der Waals surface area (Å²) < 4.78 is 18.7. The van der Waals surface area contributed by atoms with E-state index in [2.05, 4.69) is 10.6 Å². The molecule has 2 aromatic rings. The Morgan fingerprint density at radius 1 is 1.13 bits per heavy atom. The summed E-state index contributed by atoms with van der Waals surface area (Å²) in [6.07, 6.45) is 6.43. The third kappa shape index (κ3) is 4.99. The van der Waals surface area contributed by atoms with Crippen molar-refractivity contribution >= 4 is 11.6 Å². The fourth-order valence-electron chi connectivity index (χ4n) is 4.64. The first-order valence-electron chi connectivity index (χ1n) is 10.9. The largest absolute Gasteiger partial charge is 0.506 e. The maximum atomic E-state index is 13.2. The second-order valence-electron chi connectivity index (χ2n) is 8.58. The number of benzene rings is 2. The molecule has 1 heterocycles. The predicted molar refractivity (Wildman–Crippen MR) is 116 cm³/mol. The second kappa shape index (κ2) is 9.24. The van der Waals surface area contributed by atoms with Gasteiger partial charge < -0.3 is 25.6 Å². The zero-order valence-electron chi connectivity index (χ0n) is 17.5. The number of aliphatic hydroxyl groups is 1. The molecule has 1 fully saturated rings. The van der Waals surface area contributed by atoms with Crippen LogP contribution in [0.3, 0.4) is 0 Å². The van der Waals surface area contributed by atoms with Crippen LogP contribution >= 0.6 is 0 Å². The molecule has 2 aliphatic rings. The topological polar surface area (TPSA) is 90.8 Å². The Morgan fingerprint density at radius 3 is 2.61 bits per heavy atom. The Morgan fingerprint density at radius 2 is 1.87 bits per heavy atom. The van der Waals surface area contributed by atoms with Gasteiger partial charge in [0, 0.05) is 17.6 Å². The van der Waals surface area contributed by atoms with E-state index in [1.807, 2.05) is 12.1 Å². The summed E-state index contributed by atoms with van der Waals surface area (Å²) in [7, 11) is 0. The quantitative estimate of drug-likeness (QED) is 0.504. The lowest BCUT2D eigenvalue weighted by Gasteiger charge is -2.39. The van der Waals surface area contributed by atoms with Crippen LogP contribution in [0.5, 0.6) is 11.5 Å². The zero-order chi connectivity index (χ0) is 21.8. The molecule has 0 radical (unpaired) electrons. The van der Waals surface area contributed by atoms with Crippen LogP contribution in [-0.2, 0) is 11.2 Å². The highest BCUT2D eigenvalue weighted by Gasteiger charge is 2.33. The number of aromatic hydroxyl groups is 1. The fraction of sp³-hybridized carbons (Fsp3) is 0.458. The molecule has 1 saturated carbocycles. The summed E-state index contributed by atoms with van der Waals surface area (Å²) in [5.41, 5.74) is 1.76. The van der Waals surface area contributed by atoms with Crippen molar-refractivity contribution in [3.63, 3.8) is 0 Å². The number of phenols is 1. The smallest absolute Gasteiger partial charge is 0.262 e. The maximum absolute atomic E-state index is 13.2. The van der Waals surface area contributed by atoms with Gasteiger partial charge in [0.05, 0.1) is 6.10 Å². The molecule has 0 bridgehead atoms. The van der Waals surface area contributed by atoms with Gasteiger partial charge in [-0.3, -0.25) is 4.79 Å². The van der Waals surface area contributed by atoms with E-state index in [1.165, 1.54) is 24.6 Å². The standard InChI is InChI=1S/C24H29FN2O4/c25-17-6-4-16(5-7-17)10-13-24(11-2-1-3-12-24)26-14-20(29)18-8-9-19(28)22-23(18)31-15-21(30)27-22/h4-9,20,26,28-29H,1-3,10-15H2,(H,27,30). The number of ether oxygens (including phenoxy) is 1. The van der Waals surface area contributed by atoms with Gasteiger partial charge in [-0.25, -0.2) is 4.39 Å². The highest BCUT2D eigenvalue weighted by atomic mass is 19.1. The number of halogens is 1. The van der Waals surface area contributed by atoms with E-state index < -0.39 is 6.10 Å². The number of phenolic OH excluding ortho intramolecular Hbond substituents is 1.